The van der Waals surface area contributed by atoms with Crippen LogP contribution in [-0.2, 0) is 0 Å². The number of nitrogens with zero attached hydrogens (tertiary/aromatic N) is 1. The molecule has 0 radical (unpaired) electrons. The maximum Gasteiger partial charge on any atom is 0.257 e. The largest absolute Gasteiger partial charge is 0.504 e. The number of rotatable bonds is 3. The second-order valence-corrected chi connectivity index (χ2v) is 4.62. The normalized spacial score (nSPS) is 10.2. The van der Waals surface area contributed by atoms with Gasteiger partial charge in [0.25, 0.3) is 5.91 Å². The first-order valence-electron chi connectivity index (χ1n) is 5.50. The highest BCUT2D eigenvalue weighted by Crippen LogP contribution is 2.29. The number of anilines is 1. The summed E-state index contributed by atoms with van der Waals surface area (Å²) in [7, 11) is 1.44. The second-order valence-electron chi connectivity index (χ2n) is 3.83. The van der Waals surface area contributed by atoms with E-state index in [-0.39, 0.29) is 21.5 Å². The van der Waals surface area contributed by atoms with E-state index in [0.717, 1.165) is 0 Å². The van der Waals surface area contributed by atoms with Crippen LogP contribution in [0.1, 0.15) is 10.4 Å². The molecule has 0 fully saturated rings. The van der Waals surface area contributed by atoms with Crippen LogP contribution < -0.4 is 10.1 Å². The fraction of sp³-hybridized carbons (Fsp3) is 0.0769. The van der Waals surface area contributed by atoms with Crippen molar-refractivity contribution in [3.63, 3.8) is 0 Å². The van der Waals surface area contributed by atoms with E-state index in [1.54, 1.807) is 6.07 Å². The van der Waals surface area contributed by atoms with Crippen LogP contribution >= 0.6 is 23.2 Å². The Morgan fingerprint density at radius 2 is 2.10 bits per heavy atom. The molecule has 2 aromatic rings. The third kappa shape index (κ3) is 3.12. The van der Waals surface area contributed by atoms with Crippen molar-refractivity contribution >= 4 is 34.8 Å². The van der Waals surface area contributed by atoms with Crippen LogP contribution in [0.4, 0.5) is 5.69 Å². The van der Waals surface area contributed by atoms with Crippen molar-refractivity contribution in [2.45, 2.75) is 0 Å². The van der Waals surface area contributed by atoms with Crippen LogP contribution in [-0.4, -0.2) is 23.1 Å². The molecular formula is C13H10Cl2N2O3. The lowest BCUT2D eigenvalue weighted by Gasteiger charge is -2.09. The summed E-state index contributed by atoms with van der Waals surface area (Å²) in [5.41, 5.74) is 0.597. The molecule has 0 spiro atoms. The molecule has 20 heavy (non-hydrogen) atoms. The Kier molecular flexibility index (Phi) is 4.32. The fourth-order valence-corrected chi connectivity index (χ4v) is 1.90. The van der Waals surface area contributed by atoms with E-state index < -0.39 is 5.91 Å². The van der Waals surface area contributed by atoms with Crippen molar-refractivity contribution < 1.29 is 14.6 Å². The molecule has 0 saturated carbocycles. The van der Waals surface area contributed by atoms with Crippen molar-refractivity contribution in [3.05, 3.63) is 46.2 Å². The summed E-state index contributed by atoms with van der Waals surface area (Å²) in [5.74, 6) is -0.221. The van der Waals surface area contributed by atoms with Crippen molar-refractivity contribution in [3.8, 4) is 11.5 Å². The number of carbonyl (C=O) groups is 1. The number of phenols is 1. The third-order valence-electron chi connectivity index (χ3n) is 2.50. The third-order valence-corrected chi connectivity index (χ3v) is 3.01. The van der Waals surface area contributed by atoms with E-state index in [0.29, 0.717) is 11.4 Å². The molecule has 5 nitrogen and oxygen atoms in total. The number of pyridine rings is 1. The highest BCUT2D eigenvalue weighted by Gasteiger charge is 2.13. The van der Waals surface area contributed by atoms with Gasteiger partial charge in [0.1, 0.15) is 5.15 Å². The zero-order valence-corrected chi connectivity index (χ0v) is 11.9. The molecular weight excluding hydrogens is 303 g/mol. The molecule has 1 amide bonds. The Bertz CT molecular complexity index is 662. The van der Waals surface area contributed by atoms with Crippen LogP contribution in [0.15, 0.2) is 30.5 Å². The van der Waals surface area contributed by atoms with Gasteiger partial charge in [-0.05, 0) is 18.2 Å². The van der Waals surface area contributed by atoms with Crippen molar-refractivity contribution in [1.29, 1.82) is 0 Å². The van der Waals surface area contributed by atoms with E-state index in [9.17, 15) is 9.90 Å². The number of phenolic OH excluding ortho intramolecular Hbond substituents is 1. The molecule has 0 atom stereocenters. The number of ether oxygens (including phenoxy) is 1. The van der Waals surface area contributed by atoms with Crippen LogP contribution in [0.25, 0.3) is 0 Å². The number of carbonyl (C=O) groups excluding carboxylic acids is 1. The molecule has 0 bridgehead atoms. The summed E-state index contributed by atoms with van der Waals surface area (Å²) in [6, 6.07) is 5.86. The SMILES string of the molecule is COc1ccc(NC(=O)c2cc(Cl)ncc2Cl)cc1O. The Morgan fingerprint density at radius 1 is 1.35 bits per heavy atom. The highest BCUT2D eigenvalue weighted by atomic mass is 35.5. The molecule has 1 heterocycles. The van der Waals surface area contributed by atoms with Gasteiger partial charge in [0.2, 0.25) is 0 Å². The lowest BCUT2D eigenvalue weighted by Crippen LogP contribution is -2.12. The molecule has 1 aromatic heterocycles. The van der Waals surface area contributed by atoms with E-state index in [1.165, 1.54) is 31.5 Å². The van der Waals surface area contributed by atoms with Gasteiger partial charge < -0.3 is 15.2 Å². The first kappa shape index (κ1) is 14.4. The quantitative estimate of drug-likeness (QED) is 0.852. The molecule has 0 aliphatic rings. The topological polar surface area (TPSA) is 71.5 Å². The van der Waals surface area contributed by atoms with Gasteiger partial charge in [0, 0.05) is 18.0 Å². The summed E-state index contributed by atoms with van der Waals surface area (Å²) in [6.07, 6.45) is 1.30. The molecule has 2 N–H and O–H groups in total. The number of methoxy groups -OCH3 is 1. The first-order chi connectivity index (χ1) is 9.51. The lowest BCUT2D eigenvalue weighted by atomic mass is 10.2. The molecule has 0 unspecified atom stereocenters. The van der Waals surface area contributed by atoms with E-state index in [1.807, 2.05) is 0 Å². The number of hydrogen-bond donors (Lipinski definition) is 2. The Balaban J connectivity index is 2.23. The van der Waals surface area contributed by atoms with Gasteiger partial charge in [-0.3, -0.25) is 4.79 Å². The molecule has 0 aliphatic carbocycles. The Hall–Kier alpha value is -1.98. The monoisotopic (exact) mass is 312 g/mol. The zero-order chi connectivity index (χ0) is 14.7. The molecule has 1 aromatic carbocycles. The second kappa shape index (κ2) is 5.98. The smallest absolute Gasteiger partial charge is 0.257 e. The number of nitrogens with one attached hydrogen (secondary N) is 1. The molecule has 7 heteroatoms. The standard InChI is InChI=1S/C13H10Cl2N2O3/c1-20-11-3-2-7(4-10(11)18)17-13(19)8-5-12(15)16-6-9(8)14/h2-6,18H,1H3,(H,17,19). The number of halogens is 2. The van der Waals surface area contributed by atoms with E-state index in [4.69, 9.17) is 27.9 Å². The zero-order valence-electron chi connectivity index (χ0n) is 10.4. The highest BCUT2D eigenvalue weighted by molar-refractivity contribution is 6.35. The van der Waals surface area contributed by atoms with Crippen LogP contribution in [0.2, 0.25) is 10.2 Å². The maximum atomic E-state index is 12.1. The molecule has 104 valence electrons. The summed E-state index contributed by atoms with van der Waals surface area (Å²) in [5, 5.41) is 12.6. The lowest BCUT2D eigenvalue weighted by molar-refractivity contribution is 0.102. The minimum Gasteiger partial charge on any atom is -0.504 e. The number of aromatic hydroxyl groups is 1. The van der Waals surface area contributed by atoms with Gasteiger partial charge in [-0.25, -0.2) is 4.98 Å². The van der Waals surface area contributed by atoms with Crippen LogP contribution in [0.5, 0.6) is 11.5 Å². The minimum atomic E-state index is -0.455. The average molecular weight is 313 g/mol. The predicted molar refractivity (Wildman–Crippen MR) is 76.9 cm³/mol. The van der Waals surface area contributed by atoms with E-state index >= 15 is 0 Å². The van der Waals surface area contributed by atoms with E-state index in [2.05, 4.69) is 10.3 Å². The molecule has 0 saturated heterocycles. The van der Waals surface area contributed by atoms with Crippen molar-refractivity contribution in [2.24, 2.45) is 0 Å². The first-order valence-corrected chi connectivity index (χ1v) is 6.26. The number of benzene rings is 1. The number of aromatic nitrogens is 1. The molecule has 0 aliphatic heterocycles. The van der Waals surface area contributed by atoms with Gasteiger partial charge in [-0.15, -0.1) is 0 Å². The Morgan fingerprint density at radius 3 is 2.75 bits per heavy atom. The fourth-order valence-electron chi connectivity index (χ4n) is 1.55. The Labute approximate surface area is 125 Å². The van der Waals surface area contributed by atoms with Crippen molar-refractivity contribution in [1.82, 2.24) is 4.98 Å². The number of amides is 1. The van der Waals surface area contributed by atoms with Gasteiger partial charge in [-0.1, -0.05) is 23.2 Å². The predicted octanol–water partition coefficient (Wildman–Crippen LogP) is 3.35. The summed E-state index contributed by atoms with van der Waals surface area (Å²) < 4.78 is 4.91. The average Bonchev–Trinajstić information content (AvgIpc) is 2.41. The van der Waals surface area contributed by atoms with Gasteiger partial charge in [0.15, 0.2) is 11.5 Å². The molecule has 2 rings (SSSR count). The minimum absolute atomic E-state index is 0.0795. The van der Waals surface area contributed by atoms with Crippen LogP contribution in [0.3, 0.4) is 0 Å². The van der Waals surface area contributed by atoms with Crippen LogP contribution in [0, 0.1) is 0 Å². The van der Waals surface area contributed by atoms with Crippen molar-refractivity contribution in [2.75, 3.05) is 12.4 Å². The summed E-state index contributed by atoms with van der Waals surface area (Å²) >= 11 is 11.6. The summed E-state index contributed by atoms with van der Waals surface area (Å²) in [4.78, 5) is 15.8. The number of hydrogen-bond acceptors (Lipinski definition) is 4. The summed E-state index contributed by atoms with van der Waals surface area (Å²) in [6.45, 7) is 0. The maximum absolute atomic E-state index is 12.1. The van der Waals surface area contributed by atoms with Gasteiger partial charge in [0.05, 0.1) is 17.7 Å². The van der Waals surface area contributed by atoms with Gasteiger partial charge in [-0.2, -0.15) is 0 Å². The van der Waals surface area contributed by atoms with Gasteiger partial charge >= 0.3 is 0 Å².